The second-order valence-corrected chi connectivity index (χ2v) is 4.16. The van der Waals surface area contributed by atoms with Crippen molar-refractivity contribution in [3.63, 3.8) is 0 Å². The Kier molecular flexibility index (Phi) is 7.32. The van der Waals surface area contributed by atoms with Gasteiger partial charge in [-0.1, -0.05) is 6.07 Å². The minimum absolute atomic E-state index is 0. The number of hydrogen-bond donors (Lipinski definition) is 3. The molecule has 3 nitrogen and oxygen atoms in total. The molecule has 0 aromatic heterocycles. The average molecular weight is 282 g/mol. The molecule has 0 aliphatic carbocycles. The fraction of sp³-hybridized carbons (Fsp3) is 0.500. The van der Waals surface area contributed by atoms with Crippen molar-refractivity contribution in [1.82, 2.24) is 5.32 Å². The first kappa shape index (κ1) is 17.2. The van der Waals surface area contributed by atoms with Crippen LogP contribution in [0.5, 0.6) is 0 Å². The molecule has 0 bridgehead atoms. The summed E-state index contributed by atoms with van der Waals surface area (Å²) in [6.45, 7) is 3.40. The molecule has 0 unspecified atom stereocenters. The van der Waals surface area contributed by atoms with Crippen LogP contribution < -0.4 is 5.32 Å². The molecule has 0 radical (unpaired) electrons. The van der Waals surface area contributed by atoms with Gasteiger partial charge in [0.05, 0.1) is 12.7 Å². The van der Waals surface area contributed by atoms with Crippen LogP contribution in [0.15, 0.2) is 18.2 Å². The molecule has 1 aromatic rings. The minimum Gasteiger partial charge on any atom is -0.395 e. The molecule has 104 valence electrons. The second kappa shape index (κ2) is 7.63. The van der Waals surface area contributed by atoms with Crippen LogP contribution in [0, 0.1) is 11.6 Å². The lowest BCUT2D eigenvalue weighted by Gasteiger charge is -2.23. The summed E-state index contributed by atoms with van der Waals surface area (Å²) in [5.41, 5.74) is 0.300. The molecule has 0 fully saturated rings. The first-order valence-corrected chi connectivity index (χ1v) is 5.45. The maximum absolute atomic E-state index is 13.0. The Morgan fingerprint density at radius 2 is 1.83 bits per heavy atom. The predicted octanol–water partition coefficient (Wildman–Crippen LogP) is 1.78. The van der Waals surface area contributed by atoms with Crippen molar-refractivity contribution in [2.75, 3.05) is 6.61 Å². The van der Waals surface area contributed by atoms with E-state index in [4.69, 9.17) is 5.11 Å². The predicted molar refractivity (Wildman–Crippen MR) is 67.7 cm³/mol. The molecule has 0 aliphatic rings. The summed E-state index contributed by atoms with van der Waals surface area (Å²) in [5, 5.41) is 21.7. The fourth-order valence-electron chi connectivity index (χ4n) is 1.58. The maximum atomic E-state index is 13.0. The topological polar surface area (TPSA) is 52.5 Å². The van der Waals surface area contributed by atoms with Crippen molar-refractivity contribution in [2.24, 2.45) is 0 Å². The van der Waals surface area contributed by atoms with E-state index in [2.05, 4.69) is 5.32 Å². The van der Waals surface area contributed by atoms with E-state index in [1.54, 1.807) is 13.8 Å². The molecule has 0 saturated carbocycles. The van der Waals surface area contributed by atoms with Crippen LogP contribution in [-0.2, 0) is 0 Å². The molecule has 0 spiro atoms. The van der Waals surface area contributed by atoms with Gasteiger partial charge >= 0.3 is 0 Å². The first-order chi connectivity index (χ1) is 7.95. The van der Waals surface area contributed by atoms with E-state index in [0.717, 1.165) is 12.1 Å². The van der Waals surface area contributed by atoms with Gasteiger partial charge in [0.2, 0.25) is 0 Å². The highest BCUT2D eigenvalue weighted by molar-refractivity contribution is 5.85. The molecule has 1 rings (SSSR count). The maximum Gasteiger partial charge on any atom is 0.159 e. The third kappa shape index (κ3) is 4.49. The Morgan fingerprint density at radius 3 is 2.33 bits per heavy atom. The first-order valence-electron chi connectivity index (χ1n) is 5.45. The summed E-state index contributed by atoms with van der Waals surface area (Å²) in [7, 11) is 0. The lowest BCUT2D eigenvalue weighted by molar-refractivity contribution is 0.121. The van der Waals surface area contributed by atoms with Crippen molar-refractivity contribution in [3.05, 3.63) is 35.4 Å². The highest BCUT2D eigenvalue weighted by Gasteiger charge is 2.19. The van der Waals surface area contributed by atoms with Crippen molar-refractivity contribution >= 4 is 12.4 Å². The molecular weight excluding hydrogens is 264 g/mol. The van der Waals surface area contributed by atoms with Gasteiger partial charge in [0.15, 0.2) is 11.6 Å². The lowest BCUT2D eigenvalue weighted by Crippen LogP contribution is -2.40. The third-order valence-electron chi connectivity index (χ3n) is 2.58. The Bertz CT molecular complexity index is 379. The zero-order chi connectivity index (χ0) is 13.0. The Balaban J connectivity index is 0.00000289. The zero-order valence-electron chi connectivity index (χ0n) is 10.2. The Hall–Kier alpha value is -0.750. The summed E-state index contributed by atoms with van der Waals surface area (Å²) in [4.78, 5) is 0. The number of aliphatic hydroxyl groups is 2. The van der Waals surface area contributed by atoms with E-state index in [1.807, 2.05) is 0 Å². The van der Waals surface area contributed by atoms with Gasteiger partial charge in [-0.3, -0.25) is 0 Å². The molecule has 0 amide bonds. The molecule has 0 heterocycles. The Morgan fingerprint density at radius 1 is 1.22 bits per heavy atom. The number of halogens is 3. The van der Waals surface area contributed by atoms with Crippen LogP contribution in [0.3, 0.4) is 0 Å². The largest absolute Gasteiger partial charge is 0.395 e. The summed E-state index contributed by atoms with van der Waals surface area (Å²) in [6, 6.07) is 2.75. The van der Waals surface area contributed by atoms with Gasteiger partial charge in [-0.25, -0.2) is 8.78 Å². The quantitative estimate of drug-likeness (QED) is 0.771. The van der Waals surface area contributed by atoms with E-state index in [1.165, 1.54) is 6.07 Å². The second-order valence-electron chi connectivity index (χ2n) is 4.16. The van der Waals surface area contributed by atoms with Crippen molar-refractivity contribution in [1.29, 1.82) is 0 Å². The van der Waals surface area contributed by atoms with Gasteiger partial charge in [-0.15, -0.1) is 12.4 Å². The molecular formula is C12H18ClF2NO2. The van der Waals surface area contributed by atoms with E-state index in [-0.39, 0.29) is 31.1 Å². The van der Waals surface area contributed by atoms with Gasteiger partial charge in [0, 0.05) is 12.1 Å². The van der Waals surface area contributed by atoms with Crippen LogP contribution in [0.25, 0.3) is 0 Å². The van der Waals surface area contributed by atoms with Gasteiger partial charge in [0.25, 0.3) is 0 Å². The monoisotopic (exact) mass is 281 g/mol. The van der Waals surface area contributed by atoms with Gasteiger partial charge in [0.1, 0.15) is 0 Å². The van der Waals surface area contributed by atoms with Gasteiger partial charge in [-0.05, 0) is 31.5 Å². The summed E-state index contributed by atoms with van der Waals surface area (Å²) < 4.78 is 25.7. The Labute approximate surface area is 111 Å². The molecule has 18 heavy (non-hydrogen) atoms. The standard InChI is InChI=1S/C12H17F2NO2.ClH/c1-7(6-16)15-8(2)12(17)9-3-4-10(13)11(14)5-9;/h3-5,7-8,12,15-17H,6H2,1-2H3;1H/t7-,8+,12+;/m1./s1. The normalized spacial score (nSPS) is 15.7. The summed E-state index contributed by atoms with van der Waals surface area (Å²) in [5.74, 6) is -1.92. The van der Waals surface area contributed by atoms with E-state index >= 15 is 0 Å². The molecule has 0 aliphatic heterocycles. The van der Waals surface area contributed by atoms with Gasteiger partial charge < -0.3 is 15.5 Å². The van der Waals surface area contributed by atoms with E-state index in [9.17, 15) is 13.9 Å². The molecule has 0 saturated heterocycles. The molecule has 3 N–H and O–H groups in total. The third-order valence-corrected chi connectivity index (χ3v) is 2.58. The van der Waals surface area contributed by atoms with Crippen molar-refractivity contribution < 1.29 is 19.0 Å². The van der Waals surface area contributed by atoms with Crippen molar-refractivity contribution in [3.8, 4) is 0 Å². The minimum atomic E-state index is -0.982. The number of nitrogens with one attached hydrogen (secondary N) is 1. The molecule has 6 heteroatoms. The summed E-state index contributed by atoms with van der Waals surface area (Å²) >= 11 is 0. The lowest BCUT2D eigenvalue weighted by atomic mass is 10.0. The average Bonchev–Trinajstić information content (AvgIpc) is 2.31. The van der Waals surface area contributed by atoms with Gasteiger partial charge in [-0.2, -0.15) is 0 Å². The summed E-state index contributed by atoms with van der Waals surface area (Å²) in [6.07, 6.45) is -0.959. The van der Waals surface area contributed by atoms with Crippen LogP contribution >= 0.6 is 12.4 Å². The van der Waals surface area contributed by atoms with E-state index < -0.39 is 17.7 Å². The fourth-order valence-corrected chi connectivity index (χ4v) is 1.58. The number of aliphatic hydroxyl groups excluding tert-OH is 2. The molecule has 1 aromatic carbocycles. The SMILES string of the molecule is C[C@H](CO)N[C@@H](C)[C@H](O)c1ccc(F)c(F)c1.Cl. The zero-order valence-corrected chi connectivity index (χ0v) is 11.0. The smallest absolute Gasteiger partial charge is 0.159 e. The molecule has 3 atom stereocenters. The van der Waals surface area contributed by atoms with E-state index in [0.29, 0.717) is 5.56 Å². The van der Waals surface area contributed by atoms with Crippen LogP contribution in [0.4, 0.5) is 8.78 Å². The number of rotatable bonds is 5. The number of hydrogen-bond acceptors (Lipinski definition) is 3. The van der Waals surface area contributed by atoms with Crippen LogP contribution in [-0.4, -0.2) is 28.9 Å². The van der Waals surface area contributed by atoms with Crippen LogP contribution in [0.2, 0.25) is 0 Å². The highest BCUT2D eigenvalue weighted by atomic mass is 35.5. The van der Waals surface area contributed by atoms with Crippen molar-refractivity contribution in [2.45, 2.75) is 32.0 Å². The highest BCUT2D eigenvalue weighted by Crippen LogP contribution is 2.19. The van der Waals surface area contributed by atoms with Crippen LogP contribution in [0.1, 0.15) is 25.5 Å². The number of benzene rings is 1.